The van der Waals surface area contributed by atoms with Gasteiger partial charge in [0.05, 0.1) is 6.04 Å². The van der Waals surface area contributed by atoms with Crippen molar-refractivity contribution < 1.29 is 4.79 Å². The second kappa shape index (κ2) is 5.35. The third-order valence-electron chi connectivity index (χ3n) is 4.47. The molecule has 1 saturated heterocycles. The summed E-state index contributed by atoms with van der Waals surface area (Å²) in [6, 6.07) is 2.40. The number of rotatable bonds is 2. The van der Waals surface area contributed by atoms with Crippen molar-refractivity contribution in [1.82, 2.24) is 14.7 Å². The van der Waals surface area contributed by atoms with E-state index in [1.807, 2.05) is 21.8 Å². The molecule has 2 fully saturated rings. The monoisotopic (exact) mass is 261 g/mol. The Labute approximate surface area is 114 Å². The van der Waals surface area contributed by atoms with Gasteiger partial charge in [0.1, 0.15) is 5.69 Å². The van der Waals surface area contributed by atoms with Gasteiger partial charge >= 0.3 is 0 Å². The van der Waals surface area contributed by atoms with Crippen molar-refractivity contribution in [1.29, 1.82) is 0 Å². The van der Waals surface area contributed by atoms with Gasteiger partial charge in [-0.25, -0.2) is 0 Å². The highest BCUT2D eigenvalue weighted by molar-refractivity contribution is 5.92. The standard InChI is InChI=1S/C15H23N3O/c1-12-5-4-9-17(11-12)15(19)14-8-10-18(16-14)13-6-2-3-7-13/h8,10,12-13H,2-7,9,11H2,1H3. The summed E-state index contributed by atoms with van der Waals surface area (Å²) in [6.45, 7) is 3.99. The third-order valence-corrected chi connectivity index (χ3v) is 4.47. The van der Waals surface area contributed by atoms with Crippen LogP contribution in [0.15, 0.2) is 12.3 Å². The summed E-state index contributed by atoms with van der Waals surface area (Å²) in [5, 5.41) is 4.52. The number of hydrogen-bond donors (Lipinski definition) is 0. The van der Waals surface area contributed by atoms with Gasteiger partial charge in [-0.3, -0.25) is 9.48 Å². The number of piperidine rings is 1. The molecule has 2 heterocycles. The van der Waals surface area contributed by atoms with Crippen molar-refractivity contribution in [3.63, 3.8) is 0 Å². The zero-order valence-corrected chi connectivity index (χ0v) is 11.7. The molecule has 4 nitrogen and oxygen atoms in total. The van der Waals surface area contributed by atoms with E-state index in [9.17, 15) is 4.79 Å². The number of carbonyl (C=O) groups is 1. The van der Waals surface area contributed by atoms with Crippen LogP contribution in [0.25, 0.3) is 0 Å². The van der Waals surface area contributed by atoms with E-state index in [0.29, 0.717) is 17.7 Å². The lowest BCUT2D eigenvalue weighted by Gasteiger charge is -2.30. The Bertz CT molecular complexity index is 448. The van der Waals surface area contributed by atoms with Gasteiger partial charge in [-0.2, -0.15) is 5.10 Å². The lowest BCUT2D eigenvalue weighted by Crippen LogP contribution is -2.39. The van der Waals surface area contributed by atoms with Crippen LogP contribution in [0, 0.1) is 5.92 Å². The Morgan fingerprint density at radius 2 is 2.05 bits per heavy atom. The van der Waals surface area contributed by atoms with Crippen LogP contribution < -0.4 is 0 Å². The predicted molar refractivity (Wildman–Crippen MR) is 74.0 cm³/mol. The van der Waals surface area contributed by atoms with Crippen LogP contribution in [-0.2, 0) is 0 Å². The fourth-order valence-corrected chi connectivity index (χ4v) is 3.36. The van der Waals surface area contributed by atoms with Gasteiger partial charge in [0.15, 0.2) is 0 Å². The minimum Gasteiger partial charge on any atom is -0.337 e. The number of carbonyl (C=O) groups excluding carboxylic acids is 1. The molecule has 1 saturated carbocycles. The minimum atomic E-state index is 0.114. The lowest BCUT2D eigenvalue weighted by atomic mass is 10.0. The summed E-state index contributed by atoms with van der Waals surface area (Å²) in [6.07, 6.45) is 9.33. The van der Waals surface area contributed by atoms with E-state index in [0.717, 1.165) is 19.5 Å². The molecule has 1 aliphatic carbocycles. The molecule has 1 unspecified atom stereocenters. The maximum absolute atomic E-state index is 12.4. The SMILES string of the molecule is CC1CCCN(C(=O)c2ccn(C3CCCC3)n2)C1. The van der Waals surface area contributed by atoms with E-state index >= 15 is 0 Å². The summed E-state index contributed by atoms with van der Waals surface area (Å²) in [5.74, 6) is 0.734. The zero-order valence-electron chi connectivity index (χ0n) is 11.7. The predicted octanol–water partition coefficient (Wildman–Crippen LogP) is 2.87. The average Bonchev–Trinajstić information content (AvgIpc) is 3.08. The Morgan fingerprint density at radius 3 is 2.79 bits per heavy atom. The van der Waals surface area contributed by atoms with E-state index in [1.165, 1.54) is 32.1 Å². The summed E-state index contributed by atoms with van der Waals surface area (Å²) < 4.78 is 2.01. The van der Waals surface area contributed by atoms with Gasteiger partial charge in [0, 0.05) is 19.3 Å². The van der Waals surface area contributed by atoms with E-state index in [1.54, 1.807) is 0 Å². The number of likely N-dealkylation sites (tertiary alicyclic amines) is 1. The van der Waals surface area contributed by atoms with Crippen LogP contribution in [0.3, 0.4) is 0 Å². The van der Waals surface area contributed by atoms with E-state index in [-0.39, 0.29) is 5.91 Å². The Morgan fingerprint density at radius 1 is 1.26 bits per heavy atom. The quantitative estimate of drug-likeness (QED) is 0.821. The summed E-state index contributed by atoms with van der Waals surface area (Å²) in [7, 11) is 0. The smallest absolute Gasteiger partial charge is 0.274 e. The molecule has 0 spiro atoms. The molecule has 0 aromatic carbocycles. The first kappa shape index (κ1) is 12.7. The molecule has 0 N–H and O–H groups in total. The number of nitrogens with zero attached hydrogens (tertiary/aromatic N) is 3. The van der Waals surface area contributed by atoms with E-state index < -0.39 is 0 Å². The van der Waals surface area contributed by atoms with Gasteiger partial charge in [0.25, 0.3) is 5.91 Å². The topological polar surface area (TPSA) is 38.1 Å². The zero-order chi connectivity index (χ0) is 13.2. The van der Waals surface area contributed by atoms with Crippen molar-refractivity contribution in [2.45, 2.75) is 51.5 Å². The van der Waals surface area contributed by atoms with Gasteiger partial charge in [0.2, 0.25) is 0 Å². The highest BCUT2D eigenvalue weighted by Gasteiger charge is 2.25. The molecular weight excluding hydrogens is 238 g/mol. The van der Waals surface area contributed by atoms with Crippen LogP contribution >= 0.6 is 0 Å². The fourth-order valence-electron chi connectivity index (χ4n) is 3.36. The van der Waals surface area contributed by atoms with Crippen LogP contribution in [0.2, 0.25) is 0 Å². The van der Waals surface area contributed by atoms with Crippen molar-refractivity contribution in [2.24, 2.45) is 5.92 Å². The summed E-state index contributed by atoms with van der Waals surface area (Å²) >= 11 is 0. The molecule has 3 rings (SSSR count). The molecule has 19 heavy (non-hydrogen) atoms. The Hall–Kier alpha value is -1.32. The number of amides is 1. The first-order valence-corrected chi connectivity index (χ1v) is 7.58. The summed E-state index contributed by atoms with van der Waals surface area (Å²) in [5.41, 5.74) is 0.626. The first-order chi connectivity index (χ1) is 9.24. The first-order valence-electron chi connectivity index (χ1n) is 7.58. The molecule has 1 aromatic rings. The van der Waals surface area contributed by atoms with Crippen molar-refractivity contribution in [2.75, 3.05) is 13.1 Å². The molecule has 1 amide bonds. The Kier molecular flexibility index (Phi) is 3.58. The molecule has 1 aromatic heterocycles. The molecule has 1 aliphatic heterocycles. The Balaban J connectivity index is 1.69. The molecule has 4 heteroatoms. The van der Waals surface area contributed by atoms with Crippen LogP contribution in [-0.4, -0.2) is 33.7 Å². The maximum atomic E-state index is 12.4. The third kappa shape index (κ3) is 2.67. The molecular formula is C15H23N3O. The van der Waals surface area contributed by atoms with Crippen molar-refractivity contribution in [3.8, 4) is 0 Å². The minimum absolute atomic E-state index is 0.114. The second-order valence-corrected chi connectivity index (χ2v) is 6.12. The van der Waals surface area contributed by atoms with Crippen molar-refractivity contribution in [3.05, 3.63) is 18.0 Å². The van der Waals surface area contributed by atoms with Crippen LogP contribution in [0.1, 0.15) is 62.0 Å². The second-order valence-electron chi connectivity index (χ2n) is 6.12. The molecule has 0 bridgehead atoms. The normalized spacial score (nSPS) is 24.9. The van der Waals surface area contributed by atoms with Gasteiger partial charge in [-0.1, -0.05) is 19.8 Å². The molecule has 1 atom stereocenters. The molecule has 0 radical (unpaired) electrons. The van der Waals surface area contributed by atoms with Gasteiger partial charge < -0.3 is 4.90 Å². The van der Waals surface area contributed by atoms with Crippen molar-refractivity contribution >= 4 is 5.91 Å². The summed E-state index contributed by atoms with van der Waals surface area (Å²) in [4.78, 5) is 14.4. The highest BCUT2D eigenvalue weighted by Crippen LogP contribution is 2.28. The van der Waals surface area contributed by atoms with E-state index in [4.69, 9.17) is 0 Å². The molecule has 104 valence electrons. The van der Waals surface area contributed by atoms with Crippen LogP contribution in [0.5, 0.6) is 0 Å². The highest BCUT2D eigenvalue weighted by atomic mass is 16.2. The molecule has 2 aliphatic rings. The number of aromatic nitrogens is 2. The lowest BCUT2D eigenvalue weighted by molar-refractivity contribution is 0.0676. The largest absolute Gasteiger partial charge is 0.337 e. The maximum Gasteiger partial charge on any atom is 0.274 e. The fraction of sp³-hybridized carbons (Fsp3) is 0.733. The van der Waals surface area contributed by atoms with Crippen LogP contribution in [0.4, 0.5) is 0 Å². The average molecular weight is 261 g/mol. The number of hydrogen-bond acceptors (Lipinski definition) is 2. The van der Waals surface area contributed by atoms with E-state index in [2.05, 4.69) is 12.0 Å². The van der Waals surface area contributed by atoms with Gasteiger partial charge in [-0.15, -0.1) is 0 Å². The van der Waals surface area contributed by atoms with Gasteiger partial charge in [-0.05, 0) is 37.7 Å².